The van der Waals surface area contributed by atoms with Crippen LogP contribution in [-0.2, 0) is 17.8 Å². The standard InChI is InChI=1S/C13H19NO2/c1-10-4-5-11(6-7-13(15)16)8-12(10)9-14(2)3/h4-5,8H,6-7,9H2,1-3H3,(H,15,16). The van der Waals surface area contributed by atoms with Crippen LogP contribution >= 0.6 is 0 Å². The maximum Gasteiger partial charge on any atom is 0.303 e. The van der Waals surface area contributed by atoms with Gasteiger partial charge in [0.1, 0.15) is 0 Å². The fourth-order valence-electron chi connectivity index (χ4n) is 1.64. The summed E-state index contributed by atoms with van der Waals surface area (Å²) in [6, 6.07) is 6.19. The predicted octanol–water partition coefficient (Wildman–Crippen LogP) is 2.07. The van der Waals surface area contributed by atoms with Crippen LogP contribution in [0.15, 0.2) is 18.2 Å². The minimum absolute atomic E-state index is 0.199. The molecule has 0 spiro atoms. The van der Waals surface area contributed by atoms with Gasteiger partial charge in [0.15, 0.2) is 0 Å². The first kappa shape index (κ1) is 12.7. The number of nitrogens with zero attached hydrogens (tertiary/aromatic N) is 1. The lowest BCUT2D eigenvalue weighted by Crippen LogP contribution is -2.12. The zero-order chi connectivity index (χ0) is 12.1. The molecule has 0 aromatic heterocycles. The van der Waals surface area contributed by atoms with Crippen LogP contribution in [0.3, 0.4) is 0 Å². The third-order valence-corrected chi connectivity index (χ3v) is 2.53. The van der Waals surface area contributed by atoms with Gasteiger partial charge in [0.05, 0.1) is 0 Å². The van der Waals surface area contributed by atoms with E-state index in [1.807, 2.05) is 20.2 Å². The summed E-state index contributed by atoms with van der Waals surface area (Å²) in [5.74, 6) is -0.741. The van der Waals surface area contributed by atoms with Crippen LogP contribution < -0.4 is 0 Å². The summed E-state index contributed by atoms with van der Waals surface area (Å²) in [6.07, 6.45) is 0.806. The van der Waals surface area contributed by atoms with Crippen molar-refractivity contribution in [2.75, 3.05) is 14.1 Å². The first-order valence-electron chi connectivity index (χ1n) is 5.44. The molecule has 3 nitrogen and oxygen atoms in total. The van der Waals surface area contributed by atoms with Crippen molar-refractivity contribution in [2.45, 2.75) is 26.3 Å². The lowest BCUT2D eigenvalue weighted by molar-refractivity contribution is -0.136. The zero-order valence-electron chi connectivity index (χ0n) is 10.2. The largest absolute Gasteiger partial charge is 0.481 e. The molecule has 0 bridgehead atoms. The van der Waals surface area contributed by atoms with Gasteiger partial charge in [-0.15, -0.1) is 0 Å². The van der Waals surface area contributed by atoms with E-state index in [-0.39, 0.29) is 6.42 Å². The van der Waals surface area contributed by atoms with E-state index in [1.54, 1.807) is 0 Å². The number of benzene rings is 1. The first-order chi connectivity index (χ1) is 7.49. The van der Waals surface area contributed by atoms with Crippen LogP contribution in [0, 0.1) is 6.92 Å². The maximum absolute atomic E-state index is 10.5. The Kier molecular flexibility index (Phi) is 4.50. The molecule has 0 heterocycles. The van der Waals surface area contributed by atoms with E-state index < -0.39 is 5.97 Å². The Hall–Kier alpha value is -1.35. The normalized spacial score (nSPS) is 10.8. The van der Waals surface area contributed by atoms with Crippen molar-refractivity contribution in [1.82, 2.24) is 4.90 Å². The molecule has 0 aliphatic heterocycles. The Labute approximate surface area is 96.7 Å². The molecule has 88 valence electrons. The Morgan fingerprint density at radius 1 is 1.38 bits per heavy atom. The highest BCUT2D eigenvalue weighted by Gasteiger charge is 2.04. The number of rotatable bonds is 5. The Morgan fingerprint density at radius 2 is 2.06 bits per heavy atom. The molecule has 1 rings (SSSR count). The van der Waals surface area contributed by atoms with Crippen molar-refractivity contribution in [3.05, 3.63) is 34.9 Å². The summed E-state index contributed by atoms with van der Waals surface area (Å²) in [5, 5.41) is 8.64. The molecule has 16 heavy (non-hydrogen) atoms. The monoisotopic (exact) mass is 221 g/mol. The van der Waals surface area contributed by atoms with Crippen molar-refractivity contribution >= 4 is 5.97 Å². The van der Waals surface area contributed by atoms with Crippen LogP contribution in [-0.4, -0.2) is 30.1 Å². The van der Waals surface area contributed by atoms with Gasteiger partial charge in [0.25, 0.3) is 0 Å². The highest BCUT2D eigenvalue weighted by molar-refractivity contribution is 5.67. The number of hydrogen-bond acceptors (Lipinski definition) is 2. The molecule has 3 heteroatoms. The summed E-state index contributed by atoms with van der Waals surface area (Å²) in [4.78, 5) is 12.6. The smallest absolute Gasteiger partial charge is 0.303 e. The molecular weight excluding hydrogens is 202 g/mol. The maximum atomic E-state index is 10.5. The second-order valence-electron chi connectivity index (χ2n) is 4.39. The van der Waals surface area contributed by atoms with Gasteiger partial charge in [0, 0.05) is 13.0 Å². The molecule has 1 aromatic rings. The van der Waals surface area contributed by atoms with Crippen molar-refractivity contribution < 1.29 is 9.90 Å². The van der Waals surface area contributed by atoms with E-state index in [0.29, 0.717) is 6.42 Å². The number of hydrogen-bond donors (Lipinski definition) is 1. The molecule has 0 unspecified atom stereocenters. The van der Waals surface area contributed by atoms with Gasteiger partial charge in [-0.1, -0.05) is 18.2 Å². The third kappa shape index (κ3) is 4.03. The summed E-state index contributed by atoms with van der Waals surface area (Å²) in [5.41, 5.74) is 3.63. The van der Waals surface area contributed by atoms with E-state index in [2.05, 4.69) is 24.0 Å². The summed E-state index contributed by atoms with van der Waals surface area (Å²) in [6.45, 7) is 2.98. The van der Waals surface area contributed by atoms with Gasteiger partial charge in [0.2, 0.25) is 0 Å². The molecular formula is C13H19NO2. The molecule has 0 aliphatic rings. The van der Waals surface area contributed by atoms with Crippen LogP contribution in [0.1, 0.15) is 23.1 Å². The van der Waals surface area contributed by atoms with Gasteiger partial charge in [-0.05, 0) is 44.1 Å². The fourth-order valence-corrected chi connectivity index (χ4v) is 1.64. The average Bonchev–Trinajstić information content (AvgIpc) is 2.18. The van der Waals surface area contributed by atoms with Crippen LogP contribution in [0.5, 0.6) is 0 Å². The zero-order valence-corrected chi connectivity index (χ0v) is 10.2. The average molecular weight is 221 g/mol. The lowest BCUT2D eigenvalue weighted by atomic mass is 10.0. The topological polar surface area (TPSA) is 40.5 Å². The Balaban J connectivity index is 2.76. The second kappa shape index (κ2) is 5.66. The van der Waals surface area contributed by atoms with Crippen LogP contribution in [0.2, 0.25) is 0 Å². The summed E-state index contributed by atoms with van der Waals surface area (Å²) < 4.78 is 0. The molecule has 0 atom stereocenters. The van der Waals surface area contributed by atoms with Gasteiger partial charge in [-0.2, -0.15) is 0 Å². The molecule has 0 fully saturated rings. The Bertz CT molecular complexity index is 372. The number of aryl methyl sites for hydroxylation is 2. The predicted molar refractivity (Wildman–Crippen MR) is 64.5 cm³/mol. The van der Waals surface area contributed by atoms with Crippen molar-refractivity contribution in [1.29, 1.82) is 0 Å². The van der Waals surface area contributed by atoms with Gasteiger partial charge in [-0.25, -0.2) is 0 Å². The highest BCUT2D eigenvalue weighted by Crippen LogP contribution is 2.14. The van der Waals surface area contributed by atoms with Crippen LogP contribution in [0.4, 0.5) is 0 Å². The fraction of sp³-hybridized carbons (Fsp3) is 0.462. The molecule has 0 aliphatic carbocycles. The van der Waals surface area contributed by atoms with E-state index in [4.69, 9.17) is 5.11 Å². The summed E-state index contributed by atoms with van der Waals surface area (Å²) >= 11 is 0. The minimum Gasteiger partial charge on any atom is -0.481 e. The van der Waals surface area contributed by atoms with E-state index in [9.17, 15) is 4.79 Å². The number of carbonyl (C=O) groups is 1. The van der Waals surface area contributed by atoms with E-state index in [0.717, 1.165) is 12.1 Å². The van der Waals surface area contributed by atoms with Gasteiger partial charge in [-0.3, -0.25) is 4.79 Å². The second-order valence-corrected chi connectivity index (χ2v) is 4.39. The van der Waals surface area contributed by atoms with Crippen molar-refractivity contribution in [3.8, 4) is 0 Å². The molecule has 0 radical (unpaired) electrons. The molecule has 1 N–H and O–H groups in total. The van der Waals surface area contributed by atoms with Gasteiger partial charge < -0.3 is 10.0 Å². The van der Waals surface area contributed by atoms with Gasteiger partial charge >= 0.3 is 5.97 Å². The molecule has 0 amide bonds. The first-order valence-corrected chi connectivity index (χ1v) is 5.44. The SMILES string of the molecule is Cc1ccc(CCC(=O)O)cc1CN(C)C. The van der Waals surface area contributed by atoms with E-state index >= 15 is 0 Å². The number of carboxylic acid groups (broad SMARTS) is 1. The molecule has 0 saturated carbocycles. The molecule has 0 saturated heterocycles. The quantitative estimate of drug-likeness (QED) is 0.827. The minimum atomic E-state index is -0.741. The third-order valence-electron chi connectivity index (χ3n) is 2.53. The highest BCUT2D eigenvalue weighted by atomic mass is 16.4. The number of carboxylic acids is 1. The lowest BCUT2D eigenvalue weighted by Gasteiger charge is -2.13. The Morgan fingerprint density at radius 3 is 2.62 bits per heavy atom. The van der Waals surface area contributed by atoms with Crippen molar-refractivity contribution in [2.24, 2.45) is 0 Å². The van der Waals surface area contributed by atoms with Crippen molar-refractivity contribution in [3.63, 3.8) is 0 Å². The van der Waals surface area contributed by atoms with Crippen LogP contribution in [0.25, 0.3) is 0 Å². The molecule has 1 aromatic carbocycles. The van der Waals surface area contributed by atoms with E-state index in [1.165, 1.54) is 11.1 Å². The number of aliphatic carboxylic acids is 1. The summed E-state index contributed by atoms with van der Waals surface area (Å²) in [7, 11) is 4.06.